The van der Waals surface area contributed by atoms with Crippen LogP contribution in [0.5, 0.6) is 0 Å². The van der Waals surface area contributed by atoms with E-state index in [0.29, 0.717) is 0 Å². The van der Waals surface area contributed by atoms with Gasteiger partial charge >= 0.3 is 0 Å². The molecule has 2 heteroatoms. The third-order valence-electron chi connectivity index (χ3n) is 5.80. The molecule has 2 heterocycles. The van der Waals surface area contributed by atoms with Crippen molar-refractivity contribution in [2.45, 2.75) is 32.8 Å². The third-order valence-corrected chi connectivity index (χ3v) is 5.80. The monoisotopic (exact) mass is 353 g/mol. The number of hydrogen-bond donors (Lipinski definition) is 0. The van der Waals surface area contributed by atoms with Crippen molar-refractivity contribution in [3.05, 3.63) is 107 Å². The minimum Gasteiger partial charge on any atom is -0.322 e. The maximum Gasteiger partial charge on any atom is 0.108 e. The van der Waals surface area contributed by atoms with Crippen LogP contribution in [0, 0.1) is 6.92 Å². The first kappa shape index (κ1) is 15.1. The van der Waals surface area contributed by atoms with Crippen LogP contribution in [0.3, 0.4) is 0 Å². The van der Waals surface area contributed by atoms with Crippen LogP contribution in [-0.2, 0) is 0 Å². The first-order valence-electron chi connectivity index (χ1n) is 10.1. The number of nitrogens with zero attached hydrogens (tertiary/aromatic N) is 2. The van der Waals surface area contributed by atoms with E-state index in [1.54, 1.807) is 0 Å². The summed E-state index contributed by atoms with van der Waals surface area (Å²) < 4.78 is 9.73. The lowest BCUT2D eigenvalue weighted by Crippen LogP contribution is -2.37. The summed E-state index contributed by atoms with van der Waals surface area (Å²) in [5.74, 6) is -0.909. The summed E-state index contributed by atoms with van der Waals surface area (Å²) in [6, 6.07) is 27.1. The maximum absolute atomic E-state index is 9.73. The zero-order chi connectivity index (χ0) is 19.5. The minimum absolute atomic E-state index is 0.119. The average Bonchev–Trinajstić information content (AvgIpc) is 3.15. The highest BCUT2D eigenvalue weighted by Crippen LogP contribution is 2.53. The SMILES string of the molecule is [2H]C1(c2ccccc2)C2=C(C)N(c3ccccc3C)C(C)N2c2ccccc21. The zero-order valence-electron chi connectivity index (χ0n) is 17.0. The molecule has 2 aliphatic heterocycles. The van der Waals surface area contributed by atoms with E-state index in [0.717, 1.165) is 28.2 Å². The van der Waals surface area contributed by atoms with Crippen LogP contribution in [0.2, 0.25) is 0 Å². The Morgan fingerprint density at radius 2 is 1.37 bits per heavy atom. The molecule has 2 nitrogen and oxygen atoms in total. The second-order valence-electron chi connectivity index (χ2n) is 7.35. The van der Waals surface area contributed by atoms with E-state index >= 15 is 0 Å². The molecule has 0 saturated heterocycles. The predicted molar refractivity (Wildman–Crippen MR) is 113 cm³/mol. The average molecular weight is 353 g/mol. The fourth-order valence-electron chi connectivity index (χ4n) is 4.63. The standard InChI is InChI=1S/C25H24N2/c1-17-11-7-9-15-22(17)26-18(2)25-24(20-12-5-4-6-13-20)21-14-8-10-16-23(21)27(25)19(26)3/h4-16,19,24H,1-3H3/i24D. The van der Waals surface area contributed by atoms with Crippen molar-refractivity contribution in [1.82, 2.24) is 0 Å². The Morgan fingerprint density at radius 3 is 2.11 bits per heavy atom. The molecular weight excluding hydrogens is 328 g/mol. The highest BCUT2D eigenvalue weighted by atomic mass is 15.4. The van der Waals surface area contributed by atoms with Gasteiger partial charge in [0.05, 0.1) is 11.6 Å². The van der Waals surface area contributed by atoms with Crippen LogP contribution in [0.1, 0.15) is 37.8 Å². The van der Waals surface area contributed by atoms with Crippen molar-refractivity contribution in [2.75, 3.05) is 9.80 Å². The van der Waals surface area contributed by atoms with Crippen LogP contribution in [0.4, 0.5) is 11.4 Å². The molecule has 2 atom stereocenters. The van der Waals surface area contributed by atoms with E-state index in [1.165, 1.54) is 11.3 Å². The van der Waals surface area contributed by atoms with Crippen LogP contribution in [0.25, 0.3) is 0 Å². The van der Waals surface area contributed by atoms with Gasteiger partial charge in [-0.25, -0.2) is 0 Å². The Hall–Kier alpha value is -3.00. The lowest BCUT2D eigenvalue weighted by Gasteiger charge is -2.32. The second-order valence-corrected chi connectivity index (χ2v) is 7.35. The number of allylic oxidation sites excluding steroid dienone is 2. The smallest absolute Gasteiger partial charge is 0.108 e. The maximum atomic E-state index is 9.73. The predicted octanol–water partition coefficient (Wildman–Crippen LogP) is 6.04. The van der Waals surface area contributed by atoms with Crippen molar-refractivity contribution in [2.24, 2.45) is 0 Å². The Labute approximate surface area is 162 Å². The Morgan fingerprint density at radius 1 is 0.741 bits per heavy atom. The molecule has 0 amide bonds. The summed E-state index contributed by atoms with van der Waals surface area (Å²) in [6.07, 6.45) is 0.119. The Balaban J connectivity index is 1.79. The molecule has 0 spiro atoms. The molecule has 0 radical (unpaired) electrons. The fraction of sp³-hybridized carbons (Fsp3) is 0.200. The van der Waals surface area contributed by atoms with Gasteiger partial charge in [-0.1, -0.05) is 66.7 Å². The normalized spacial score (nSPS) is 24.1. The first-order chi connectivity index (χ1) is 13.5. The van der Waals surface area contributed by atoms with Crippen molar-refractivity contribution in [1.29, 1.82) is 0 Å². The number of rotatable bonds is 2. The van der Waals surface area contributed by atoms with Crippen molar-refractivity contribution < 1.29 is 1.37 Å². The second kappa shape index (κ2) is 6.02. The quantitative estimate of drug-likeness (QED) is 0.554. The van der Waals surface area contributed by atoms with Gasteiger partial charge in [-0.3, -0.25) is 0 Å². The molecule has 0 N–H and O–H groups in total. The van der Waals surface area contributed by atoms with Crippen LogP contribution < -0.4 is 9.80 Å². The summed E-state index contributed by atoms with van der Waals surface area (Å²) in [6.45, 7) is 6.55. The summed E-state index contributed by atoms with van der Waals surface area (Å²) >= 11 is 0. The minimum atomic E-state index is -0.909. The number of fused-ring (bicyclic) bond motifs is 3. The van der Waals surface area contributed by atoms with Crippen LogP contribution in [-0.4, -0.2) is 6.17 Å². The van der Waals surface area contributed by atoms with Crippen LogP contribution in [0.15, 0.2) is 90.3 Å². The molecule has 0 saturated carbocycles. The lowest BCUT2D eigenvalue weighted by atomic mass is 9.90. The van der Waals surface area contributed by atoms with Gasteiger partial charge in [-0.2, -0.15) is 0 Å². The van der Waals surface area contributed by atoms with Gasteiger partial charge in [0.25, 0.3) is 0 Å². The summed E-state index contributed by atoms with van der Waals surface area (Å²) in [5.41, 5.74) is 7.89. The van der Waals surface area contributed by atoms with Crippen molar-refractivity contribution in [3.63, 3.8) is 0 Å². The first-order valence-corrected chi connectivity index (χ1v) is 9.55. The summed E-state index contributed by atoms with van der Waals surface area (Å²) in [7, 11) is 0. The number of hydrogen-bond acceptors (Lipinski definition) is 2. The Bertz CT molecular complexity index is 1090. The molecular formula is C25H24N2. The van der Waals surface area contributed by atoms with Gasteiger partial charge in [0.2, 0.25) is 0 Å². The van der Waals surface area contributed by atoms with E-state index in [9.17, 15) is 1.37 Å². The number of aryl methyl sites for hydroxylation is 1. The van der Waals surface area contributed by atoms with E-state index in [1.807, 2.05) is 24.3 Å². The molecule has 2 aliphatic rings. The molecule has 3 aromatic rings. The number of para-hydroxylation sites is 2. The summed E-state index contributed by atoms with van der Waals surface area (Å²) in [4.78, 5) is 4.74. The van der Waals surface area contributed by atoms with Gasteiger partial charge in [-0.15, -0.1) is 0 Å². The lowest BCUT2D eigenvalue weighted by molar-refractivity contribution is 0.730. The van der Waals surface area contributed by atoms with Gasteiger partial charge in [0.1, 0.15) is 6.17 Å². The molecule has 0 bridgehead atoms. The molecule has 0 aromatic heterocycles. The van der Waals surface area contributed by atoms with E-state index in [2.05, 4.69) is 85.2 Å². The molecule has 3 aromatic carbocycles. The van der Waals surface area contributed by atoms with Crippen molar-refractivity contribution in [3.8, 4) is 0 Å². The third kappa shape index (κ3) is 2.26. The van der Waals surface area contributed by atoms with Gasteiger partial charge in [-0.05, 0) is 49.6 Å². The molecule has 5 rings (SSSR count). The Kier molecular flexibility index (Phi) is 3.37. The van der Waals surface area contributed by atoms with Gasteiger partial charge in [0.15, 0.2) is 0 Å². The molecule has 0 aliphatic carbocycles. The number of anilines is 2. The highest BCUT2D eigenvalue weighted by Gasteiger charge is 2.45. The molecule has 27 heavy (non-hydrogen) atoms. The molecule has 134 valence electrons. The zero-order valence-corrected chi connectivity index (χ0v) is 16.0. The van der Waals surface area contributed by atoms with E-state index in [-0.39, 0.29) is 6.17 Å². The van der Waals surface area contributed by atoms with Crippen molar-refractivity contribution >= 4 is 11.4 Å². The largest absolute Gasteiger partial charge is 0.322 e. The van der Waals surface area contributed by atoms with Gasteiger partial charge < -0.3 is 9.80 Å². The fourth-order valence-corrected chi connectivity index (χ4v) is 4.63. The van der Waals surface area contributed by atoms with Gasteiger partial charge in [0, 0.05) is 18.4 Å². The topological polar surface area (TPSA) is 6.48 Å². The van der Waals surface area contributed by atoms with E-state index in [4.69, 9.17) is 0 Å². The van der Waals surface area contributed by atoms with E-state index < -0.39 is 5.89 Å². The number of benzene rings is 3. The summed E-state index contributed by atoms with van der Waals surface area (Å²) in [5, 5.41) is 0. The highest BCUT2D eigenvalue weighted by molar-refractivity contribution is 5.78. The molecule has 2 unspecified atom stereocenters. The molecule has 0 fully saturated rings. The van der Waals surface area contributed by atoms with Crippen LogP contribution >= 0.6 is 0 Å².